The maximum absolute atomic E-state index is 13.2. The molecule has 0 heterocycles. The molecule has 0 atom stereocenters. The van der Waals surface area contributed by atoms with Crippen LogP contribution in [0.5, 0.6) is 0 Å². The summed E-state index contributed by atoms with van der Waals surface area (Å²) >= 11 is 0. The van der Waals surface area contributed by atoms with Gasteiger partial charge < -0.3 is 5.32 Å². The van der Waals surface area contributed by atoms with Crippen LogP contribution in [0.2, 0.25) is 0 Å². The molecular formula is C18H12F4N2O. The molecule has 128 valence electrons. The van der Waals surface area contributed by atoms with E-state index in [9.17, 15) is 22.4 Å². The number of hydrogen-bond donors (Lipinski definition) is 1. The molecule has 0 spiro atoms. The Morgan fingerprint density at radius 1 is 1.20 bits per heavy atom. The number of nitriles is 1. The van der Waals surface area contributed by atoms with Crippen LogP contribution in [0.25, 0.3) is 6.08 Å². The van der Waals surface area contributed by atoms with Gasteiger partial charge in [-0.15, -0.1) is 0 Å². The fourth-order valence-corrected chi connectivity index (χ4v) is 2.04. The van der Waals surface area contributed by atoms with Crippen molar-refractivity contribution < 1.29 is 22.4 Å². The summed E-state index contributed by atoms with van der Waals surface area (Å²) in [4.78, 5) is 12.1. The van der Waals surface area contributed by atoms with Crippen molar-refractivity contribution in [2.75, 3.05) is 5.32 Å². The van der Waals surface area contributed by atoms with Crippen LogP contribution >= 0.6 is 0 Å². The number of aryl methyl sites for hydroxylation is 1. The van der Waals surface area contributed by atoms with Crippen LogP contribution in [0.3, 0.4) is 0 Å². The van der Waals surface area contributed by atoms with Crippen LogP contribution in [-0.4, -0.2) is 5.91 Å². The summed E-state index contributed by atoms with van der Waals surface area (Å²) in [5, 5.41) is 11.4. The number of amides is 1. The Balaban J connectivity index is 2.25. The smallest absolute Gasteiger partial charge is 0.321 e. The largest absolute Gasteiger partial charge is 0.416 e. The second-order valence-corrected chi connectivity index (χ2v) is 5.21. The Morgan fingerprint density at radius 2 is 1.92 bits per heavy atom. The molecule has 25 heavy (non-hydrogen) atoms. The van der Waals surface area contributed by atoms with Gasteiger partial charge in [0, 0.05) is 5.69 Å². The van der Waals surface area contributed by atoms with Crippen LogP contribution in [0.4, 0.5) is 23.2 Å². The predicted octanol–water partition coefficient (Wildman–Crippen LogP) is 4.70. The van der Waals surface area contributed by atoms with Gasteiger partial charge in [-0.3, -0.25) is 4.79 Å². The summed E-state index contributed by atoms with van der Waals surface area (Å²) in [5.74, 6) is -1.28. The summed E-state index contributed by atoms with van der Waals surface area (Å²) in [6.45, 7) is 1.53. The van der Waals surface area contributed by atoms with E-state index in [1.807, 2.05) is 0 Å². The van der Waals surface area contributed by atoms with Crippen LogP contribution in [-0.2, 0) is 11.0 Å². The van der Waals surface area contributed by atoms with Crippen LogP contribution in [0.1, 0.15) is 16.7 Å². The van der Waals surface area contributed by atoms with Gasteiger partial charge in [0.25, 0.3) is 5.91 Å². The monoisotopic (exact) mass is 348 g/mol. The van der Waals surface area contributed by atoms with Gasteiger partial charge >= 0.3 is 6.18 Å². The van der Waals surface area contributed by atoms with Gasteiger partial charge in [-0.2, -0.15) is 18.4 Å². The molecule has 0 saturated carbocycles. The highest BCUT2D eigenvalue weighted by Crippen LogP contribution is 2.30. The molecule has 1 N–H and O–H groups in total. The molecule has 1 amide bonds. The van der Waals surface area contributed by atoms with E-state index in [-0.39, 0.29) is 11.3 Å². The number of nitrogens with zero attached hydrogens (tertiary/aromatic N) is 1. The number of benzene rings is 2. The lowest BCUT2D eigenvalue weighted by Gasteiger charge is -2.09. The Bertz CT molecular complexity index is 879. The van der Waals surface area contributed by atoms with Crippen molar-refractivity contribution in [3.8, 4) is 6.07 Å². The van der Waals surface area contributed by atoms with Crippen molar-refractivity contribution in [1.29, 1.82) is 5.26 Å². The average Bonchev–Trinajstić information content (AvgIpc) is 2.55. The third-order valence-corrected chi connectivity index (χ3v) is 3.31. The molecular weight excluding hydrogens is 336 g/mol. The van der Waals surface area contributed by atoms with Crippen molar-refractivity contribution in [2.45, 2.75) is 13.1 Å². The number of alkyl halides is 3. The molecule has 0 radical (unpaired) electrons. The lowest BCUT2D eigenvalue weighted by Crippen LogP contribution is -2.14. The highest BCUT2D eigenvalue weighted by Gasteiger charge is 2.30. The summed E-state index contributed by atoms with van der Waals surface area (Å²) in [5.41, 5.74) is -0.555. The number of carbonyl (C=O) groups excluding carboxylic acids is 1. The molecule has 0 unspecified atom stereocenters. The van der Waals surface area contributed by atoms with E-state index in [0.717, 1.165) is 18.2 Å². The fourth-order valence-electron chi connectivity index (χ4n) is 2.04. The van der Waals surface area contributed by atoms with Crippen molar-refractivity contribution in [3.63, 3.8) is 0 Å². The zero-order valence-electron chi connectivity index (χ0n) is 13.0. The number of halogens is 4. The van der Waals surface area contributed by atoms with Gasteiger partial charge in [0.2, 0.25) is 0 Å². The Morgan fingerprint density at radius 3 is 2.52 bits per heavy atom. The number of hydrogen-bond acceptors (Lipinski definition) is 2. The van der Waals surface area contributed by atoms with E-state index in [2.05, 4.69) is 5.32 Å². The minimum atomic E-state index is -4.54. The Kier molecular flexibility index (Phi) is 5.22. The first kappa shape index (κ1) is 18.2. The van der Waals surface area contributed by atoms with Crippen LogP contribution in [0.15, 0.2) is 48.0 Å². The molecule has 0 aliphatic carbocycles. The third-order valence-electron chi connectivity index (χ3n) is 3.31. The van der Waals surface area contributed by atoms with Gasteiger partial charge in [-0.25, -0.2) is 4.39 Å². The van der Waals surface area contributed by atoms with Crippen molar-refractivity contribution in [2.24, 2.45) is 0 Å². The quantitative estimate of drug-likeness (QED) is 0.497. The Hall–Kier alpha value is -3.14. The first-order valence-corrected chi connectivity index (χ1v) is 7.07. The lowest BCUT2D eigenvalue weighted by atomic mass is 10.1. The van der Waals surface area contributed by atoms with Gasteiger partial charge in [0.1, 0.15) is 17.5 Å². The Labute approximate surface area is 141 Å². The summed E-state index contributed by atoms with van der Waals surface area (Å²) in [6, 6.07) is 9.79. The molecule has 2 aromatic carbocycles. The maximum Gasteiger partial charge on any atom is 0.416 e. The molecule has 3 nitrogen and oxygen atoms in total. The van der Waals surface area contributed by atoms with Crippen LogP contribution < -0.4 is 5.32 Å². The van der Waals surface area contributed by atoms with E-state index in [1.165, 1.54) is 37.3 Å². The van der Waals surface area contributed by atoms with Crippen molar-refractivity contribution >= 4 is 17.7 Å². The number of nitrogens with one attached hydrogen (secondary N) is 1. The molecule has 0 aromatic heterocycles. The van der Waals surface area contributed by atoms with E-state index in [0.29, 0.717) is 11.1 Å². The third kappa shape index (κ3) is 4.67. The second-order valence-electron chi connectivity index (χ2n) is 5.21. The number of rotatable bonds is 3. The first-order valence-electron chi connectivity index (χ1n) is 7.07. The van der Waals surface area contributed by atoms with Gasteiger partial charge in [-0.05, 0) is 54.5 Å². The molecule has 0 fully saturated rings. The minimum Gasteiger partial charge on any atom is -0.321 e. The molecule has 0 aliphatic heterocycles. The molecule has 0 bridgehead atoms. The molecule has 0 aliphatic rings. The molecule has 2 aromatic rings. The van der Waals surface area contributed by atoms with E-state index in [4.69, 9.17) is 5.26 Å². The van der Waals surface area contributed by atoms with Crippen LogP contribution in [0, 0.1) is 24.1 Å². The SMILES string of the molecule is Cc1cc(C=C(C#N)C(=O)Nc2cccc(C(F)(F)F)c2)ccc1F. The zero-order valence-corrected chi connectivity index (χ0v) is 13.0. The number of anilines is 1. The predicted molar refractivity (Wildman–Crippen MR) is 84.8 cm³/mol. The normalized spacial score (nSPS) is 11.8. The summed E-state index contributed by atoms with van der Waals surface area (Å²) in [6.07, 6.45) is -3.31. The average molecular weight is 348 g/mol. The van der Waals surface area contributed by atoms with Gasteiger partial charge in [0.15, 0.2) is 0 Å². The highest BCUT2D eigenvalue weighted by molar-refractivity contribution is 6.09. The lowest BCUT2D eigenvalue weighted by molar-refractivity contribution is -0.137. The fraction of sp³-hybridized carbons (Fsp3) is 0.111. The van der Waals surface area contributed by atoms with E-state index in [1.54, 1.807) is 6.07 Å². The van der Waals surface area contributed by atoms with Crippen molar-refractivity contribution in [1.82, 2.24) is 0 Å². The summed E-state index contributed by atoms with van der Waals surface area (Å²) in [7, 11) is 0. The summed E-state index contributed by atoms with van der Waals surface area (Å²) < 4.78 is 51.3. The van der Waals surface area contributed by atoms with Gasteiger partial charge in [-0.1, -0.05) is 12.1 Å². The number of carbonyl (C=O) groups is 1. The topological polar surface area (TPSA) is 52.9 Å². The van der Waals surface area contributed by atoms with Gasteiger partial charge in [0.05, 0.1) is 5.56 Å². The molecule has 0 saturated heterocycles. The van der Waals surface area contributed by atoms with Crippen molar-refractivity contribution in [3.05, 3.63) is 70.5 Å². The van der Waals surface area contributed by atoms with E-state index < -0.39 is 23.5 Å². The zero-order chi connectivity index (χ0) is 18.6. The highest BCUT2D eigenvalue weighted by atomic mass is 19.4. The standard InChI is InChI=1S/C18H12F4N2O/c1-11-7-12(5-6-16(11)19)8-13(10-23)17(25)24-15-4-2-3-14(9-15)18(20,21)22/h2-9H,1H3,(H,24,25). The first-order chi connectivity index (χ1) is 11.7. The molecule has 7 heteroatoms. The second kappa shape index (κ2) is 7.18. The molecule has 2 rings (SSSR count). The minimum absolute atomic E-state index is 0.0868. The van der Waals surface area contributed by atoms with E-state index >= 15 is 0 Å². The maximum atomic E-state index is 13.2.